The molecule has 1 aromatic heterocycles. The Labute approximate surface area is 135 Å². The zero-order valence-corrected chi connectivity index (χ0v) is 13.3. The number of amides is 2. The molecule has 1 fully saturated rings. The molecular weight excluding hydrogens is 292 g/mol. The van der Waals surface area contributed by atoms with Gasteiger partial charge in [-0.15, -0.1) is 0 Å². The SMILES string of the molecule is Cc1cccc(NC(=O)C2CC(=O)N(Cc3ccco3)C2)c1C. The van der Waals surface area contributed by atoms with Gasteiger partial charge in [0.1, 0.15) is 5.76 Å². The smallest absolute Gasteiger partial charge is 0.229 e. The Morgan fingerprint density at radius 1 is 1.30 bits per heavy atom. The molecule has 2 amide bonds. The van der Waals surface area contributed by atoms with Crippen molar-refractivity contribution >= 4 is 17.5 Å². The maximum absolute atomic E-state index is 12.5. The second kappa shape index (κ2) is 6.28. The number of hydrogen-bond acceptors (Lipinski definition) is 3. The zero-order chi connectivity index (χ0) is 16.4. The molecule has 5 heteroatoms. The molecule has 2 aromatic rings. The number of furan rings is 1. The van der Waals surface area contributed by atoms with Crippen LogP contribution in [0.2, 0.25) is 0 Å². The Balaban J connectivity index is 1.64. The molecule has 0 radical (unpaired) electrons. The van der Waals surface area contributed by atoms with Crippen molar-refractivity contribution in [3.05, 3.63) is 53.5 Å². The van der Waals surface area contributed by atoms with Crippen LogP contribution in [0, 0.1) is 19.8 Å². The molecule has 1 aliphatic heterocycles. The van der Waals surface area contributed by atoms with Crippen LogP contribution in [0.25, 0.3) is 0 Å². The van der Waals surface area contributed by atoms with Crippen LogP contribution >= 0.6 is 0 Å². The largest absolute Gasteiger partial charge is 0.467 e. The lowest BCUT2D eigenvalue weighted by atomic mass is 10.1. The fourth-order valence-corrected chi connectivity index (χ4v) is 2.81. The number of rotatable bonds is 4. The molecule has 1 aliphatic rings. The minimum absolute atomic E-state index is 0.0116. The van der Waals surface area contributed by atoms with E-state index in [4.69, 9.17) is 4.42 Å². The van der Waals surface area contributed by atoms with E-state index >= 15 is 0 Å². The highest BCUT2D eigenvalue weighted by atomic mass is 16.3. The molecule has 5 nitrogen and oxygen atoms in total. The summed E-state index contributed by atoms with van der Waals surface area (Å²) in [6.45, 7) is 4.83. The normalized spacial score (nSPS) is 17.6. The van der Waals surface area contributed by atoms with Crippen LogP contribution in [-0.4, -0.2) is 23.3 Å². The van der Waals surface area contributed by atoms with Crippen LogP contribution in [0.1, 0.15) is 23.3 Å². The topological polar surface area (TPSA) is 62.6 Å². The second-order valence-corrected chi connectivity index (χ2v) is 5.99. The van der Waals surface area contributed by atoms with Crippen LogP contribution in [0.15, 0.2) is 41.0 Å². The summed E-state index contributed by atoms with van der Waals surface area (Å²) in [5.74, 6) is 0.294. The van der Waals surface area contributed by atoms with Crippen molar-refractivity contribution in [2.75, 3.05) is 11.9 Å². The molecule has 3 rings (SSSR count). The standard InChI is InChI=1S/C18H20N2O3/c1-12-5-3-7-16(13(12)2)19-18(22)14-9-17(21)20(10-14)11-15-6-4-8-23-15/h3-8,14H,9-11H2,1-2H3,(H,19,22). The van der Waals surface area contributed by atoms with E-state index in [1.807, 2.05) is 38.1 Å². The number of likely N-dealkylation sites (tertiary alicyclic amines) is 1. The third-order valence-corrected chi connectivity index (χ3v) is 4.37. The Kier molecular flexibility index (Phi) is 4.19. The molecule has 0 aliphatic carbocycles. The van der Waals surface area contributed by atoms with Crippen molar-refractivity contribution in [1.82, 2.24) is 4.90 Å². The second-order valence-electron chi connectivity index (χ2n) is 5.99. The van der Waals surface area contributed by atoms with E-state index in [2.05, 4.69) is 5.32 Å². The highest BCUT2D eigenvalue weighted by molar-refractivity contribution is 5.97. The number of nitrogens with one attached hydrogen (secondary N) is 1. The van der Waals surface area contributed by atoms with Gasteiger partial charge in [-0.1, -0.05) is 12.1 Å². The molecule has 1 saturated heterocycles. The number of nitrogens with zero attached hydrogens (tertiary/aromatic N) is 1. The molecule has 0 bridgehead atoms. The Morgan fingerprint density at radius 2 is 2.13 bits per heavy atom. The molecule has 0 spiro atoms. The van der Waals surface area contributed by atoms with Gasteiger partial charge >= 0.3 is 0 Å². The fraction of sp³-hybridized carbons (Fsp3) is 0.333. The fourth-order valence-electron chi connectivity index (χ4n) is 2.81. The lowest BCUT2D eigenvalue weighted by Gasteiger charge is -2.16. The van der Waals surface area contributed by atoms with E-state index in [0.717, 1.165) is 22.6 Å². The van der Waals surface area contributed by atoms with Crippen molar-refractivity contribution < 1.29 is 14.0 Å². The molecule has 2 heterocycles. The zero-order valence-electron chi connectivity index (χ0n) is 13.3. The molecule has 23 heavy (non-hydrogen) atoms. The van der Waals surface area contributed by atoms with Crippen molar-refractivity contribution in [2.45, 2.75) is 26.8 Å². The summed E-state index contributed by atoms with van der Waals surface area (Å²) in [6.07, 6.45) is 1.83. The summed E-state index contributed by atoms with van der Waals surface area (Å²) < 4.78 is 5.27. The van der Waals surface area contributed by atoms with Crippen LogP contribution in [0.5, 0.6) is 0 Å². The Hall–Kier alpha value is -2.56. The van der Waals surface area contributed by atoms with E-state index < -0.39 is 0 Å². The molecule has 1 N–H and O–H groups in total. The van der Waals surface area contributed by atoms with Gasteiger partial charge in [0.05, 0.1) is 18.7 Å². The maximum atomic E-state index is 12.5. The summed E-state index contributed by atoms with van der Waals surface area (Å²) in [5.41, 5.74) is 2.99. The number of hydrogen-bond donors (Lipinski definition) is 1. The van der Waals surface area contributed by atoms with Crippen molar-refractivity contribution in [3.63, 3.8) is 0 Å². The van der Waals surface area contributed by atoms with E-state index in [0.29, 0.717) is 13.1 Å². The molecule has 1 unspecified atom stereocenters. The lowest BCUT2D eigenvalue weighted by Crippen LogP contribution is -2.28. The predicted molar refractivity (Wildman–Crippen MR) is 86.8 cm³/mol. The van der Waals surface area contributed by atoms with Gasteiger partial charge in [0.15, 0.2) is 0 Å². The highest BCUT2D eigenvalue weighted by Gasteiger charge is 2.34. The first-order valence-electron chi connectivity index (χ1n) is 7.72. The van der Waals surface area contributed by atoms with E-state index in [1.54, 1.807) is 17.2 Å². The van der Waals surface area contributed by atoms with Gasteiger partial charge < -0.3 is 14.6 Å². The summed E-state index contributed by atoms with van der Waals surface area (Å²) in [4.78, 5) is 26.2. The first-order valence-corrected chi connectivity index (χ1v) is 7.72. The van der Waals surface area contributed by atoms with Crippen molar-refractivity contribution in [2.24, 2.45) is 5.92 Å². The average molecular weight is 312 g/mol. The molecule has 1 aromatic carbocycles. The summed E-state index contributed by atoms with van der Waals surface area (Å²) >= 11 is 0. The lowest BCUT2D eigenvalue weighted by molar-refractivity contribution is -0.128. The average Bonchev–Trinajstić information content (AvgIpc) is 3.15. The van der Waals surface area contributed by atoms with E-state index in [9.17, 15) is 9.59 Å². The summed E-state index contributed by atoms with van der Waals surface area (Å²) in [7, 11) is 0. The van der Waals surface area contributed by atoms with Crippen LogP contribution < -0.4 is 5.32 Å². The first-order chi connectivity index (χ1) is 11.0. The minimum Gasteiger partial charge on any atom is -0.467 e. The van der Waals surface area contributed by atoms with Crippen molar-refractivity contribution in [3.8, 4) is 0 Å². The third-order valence-electron chi connectivity index (χ3n) is 4.37. The van der Waals surface area contributed by atoms with Gasteiger partial charge in [0.25, 0.3) is 0 Å². The number of carbonyl (C=O) groups excluding carboxylic acids is 2. The quantitative estimate of drug-likeness (QED) is 0.944. The van der Waals surface area contributed by atoms with Gasteiger partial charge in [-0.3, -0.25) is 9.59 Å². The Bertz CT molecular complexity index is 722. The highest BCUT2D eigenvalue weighted by Crippen LogP contribution is 2.24. The monoisotopic (exact) mass is 312 g/mol. The molecule has 0 saturated carbocycles. The van der Waals surface area contributed by atoms with Crippen LogP contribution in [0.3, 0.4) is 0 Å². The van der Waals surface area contributed by atoms with Crippen LogP contribution in [0.4, 0.5) is 5.69 Å². The van der Waals surface area contributed by atoms with Crippen LogP contribution in [-0.2, 0) is 16.1 Å². The number of anilines is 1. The summed E-state index contributed by atoms with van der Waals surface area (Å²) in [5, 5.41) is 2.95. The van der Waals surface area contributed by atoms with E-state index in [-0.39, 0.29) is 24.2 Å². The van der Waals surface area contributed by atoms with Gasteiger partial charge in [-0.2, -0.15) is 0 Å². The molecule has 120 valence electrons. The molecule has 1 atom stereocenters. The van der Waals surface area contributed by atoms with Gasteiger partial charge in [-0.25, -0.2) is 0 Å². The van der Waals surface area contributed by atoms with Gasteiger partial charge in [0.2, 0.25) is 11.8 Å². The third kappa shape index (κ3) is 3.28. The number of aryl methyl sites for hydroxylation is 1. The Morgan fingerprint density at radius 3 is 2.87 bits per heavy atom. The molecular formula is C18H20N2O3. The van der Waals surface area contributed by atoms with Gasteiger partial charge in [0, 0.05) is 18.7 Å². The first kappa shape index (κ1) is 15.3. The number of carbonyl (C=O) groups is 2. The minimum atomic E-state index is -0.322. The maximum Gasteiger partial charge on any atom is 0.229 e. The van der Waals surface area contributed by atoms with Gasteiger partial charge in [-0.05, 0) is 43.2 Å². The predicted octanol–water partition coefficient (Wildman–Crippen LogP) is 2.88. The number of benzene rings is 1. The van der Waals surface area contributed by atoms with E-state index in [1.165, 1.54) is 0 Å². The summed E-state index contributed by atoms with van der Waals surface area (Å²) in [6, 6.07) is 9.44. The van der Waals surface area contributed by atoms with Crippen molar-refractivity contribution in [1.29, 1.82) is 0 Å².